The number of aromatic nitrogens is 3. The summed E-state index contributed by atoms with van der Waals surface area (Å²) in [7, 11) is -2.08. The van der Waals surface area contributed by atoms with Gasteiger partial charge in [-0.25, -0.2) is 23.1 Å². The fourth-order valence-corrected chi connectivity index (χ4v) is 3.12. The quantitative estimate of drug-likeness (QED) is 0.912. The molecule has 17 heavy (non-hydrogen) atoms. The van der Waals surface area contributed by atoms with Gasteiger partial charge in [0.2, 0.25) is 5.03 Å². The molecule has 92 valence electrons. The van der Waals surface area contributed by atoms with Crippen molar-refractivity contribution in [2.24, 2.45) is 7.05 Å². The van der Waals surface area contributed by atoms with Gasteiger partial charge in [0.15, 0.2) is 0 Å². The van der Waals surface area contributed by atoms with Gasteiger partial charge in [-0.05, 0) is 0 Å². The summed E-state index contributed by atoms with van der Waals surface area (Å²) in [5, 5.41) is 1.68. The van der Waals surface area contributed by atoms with Crippen LogP contribution in [0.3, 0.4) is 0 Å². The number of rotatable bonds is 4. The maximum absolute atomic E-state index is 11.9. The Hall–Kier alpha value is -0.960. The van der Waals surface area contributed by atoms with Crippen LogP contribution in [0.15, 0.2) is 22.2 Å². The second kappa shape index (κ2) is 4.73. The summed E-state index contributed by atoms with van der Waals surface area (Å²) in [6.45, 7) is 0.124. The van der Waals surface area contributed by atoms with Crippen LogP contribution >= 0.6 is 22.9 Å². The molecule has 0 fully saturated rings. The van der Waals surface area contributed by atoms with Crippen molar-refractivity contribution in [2.75, 3.05) is 0 Å². The molecule has 2 heterocycles. The molecule has 0 aliphatic carbocycles. The van der Waals surface area contributed by atoms with E-state index >= 15 is 0 Å². The fourth-order valence-electron chi connectivity index (χ4n) is 1.14. The minimum absolute atomic E-state index is 0.0794. The summed E-state index contributed by atoms with van der Waals surface area (Å²) < 4.78 is 27.5. The number of nitrogens with one attached hydrogen (secondary N) is 1. The number of halogens is 1. The Balaban J connectivity index is 2.17. The maximum Gasteiger partial charge on any atom is 0.261 e. The zero-order valence-electron chi connectivity index (χ0n) is 8.79. The van der Waals surface area contributed by atoms with Crippen molar-refractivity contribution in [3.05, 3.63) is 28.1 Å². The van der Waals surface area contributed by atoms with E-state index in [2.05, 4.69) is 14.7 Å². The topological polar surface area (TPSA) is 76.9 Å². The van der Waals surface area contributed by atoms with Crippen molar-refractivity contribution in [3.8, 4) is 0 Å². The first kappa shape index (κ1) is 12.5. The minimum atomic E-state index is -3.70. The highest BCUT2D eigenvalue weighted by Gasteiger charge is 2.22. The summed E-state index contributed by atoms with van der Waals surface area (Å²) in [6.07, 6.45) is 1.35. The van der Waals surface area contributed by atoms with Gasteiger partial charge in [-0.2, -0.15) is 0 Å². The van der Waals surface area contributed by atoms with Gasteiger partial charge in [0.1, 0.15) is 5.15 Å². The van der Waals surface area contributed by atoms with Gasteiger partial charge >= 0.3 is 0 Å². The molecule has 0 aliphatic rings. The molecule has 0 saturated heterocycles. The maximum atomic E-state index is 11.9. The lowest BCUT2D eigenvalue weighted by Crippen LogP contribution is -2.24. The van der Waals surface area contributed by atoms with Gasteiger partial charge in [-0.1, -0.05) is 11.6 Å². The van der Waals surface area contributed by atoms with Crippen molar-refractivity contribution in [1.29, 1.82) is 0 Å². The van der Waals surface area contributed by atoms with E-state index in [1.165, 1.54) is 22.2 Å². The molecule has 0 atom stereocenters. The van der Waals surface area contributed by atoms with Crippen LogP contribution in [0, 0.1) is 0 Å². The van der Waals surface area contributed by atoms with E-state index in [-0.39, 0.29) is 16.7 Å². The van der Waals surface area contributed by atoms with E-state index in [0.717, 1.165) is 0 Å². The largest absolute Gasteiger partial charge is 0.324 e. The lowest BCUT2D eigenvalue weighted by atomic mass is 10.5. The van der Waals surface area contributed by atoms with Crippen molar-refractivity contribution < 1.29 is 8.42 Å². The number of imidazole rings is 1. The molecule has 2 aromatic rings. The molecule has 2 rings (SSSR count). The Kier molecular flexibility index (Phi) is 3.48. The van der Waals surface area contributed by atoms with Gasteiger partial charge in [0.05, 0.1) is 24.1 Å². The van der Waals surface area contributed by atoms with Crippen molar-refractivity contribution in [1.82, 2.24) is 19.3 Å². The summed E-state index contributed by atoms with van der Waals surface area (Å²) in [4.78, 5) is 7.72. The van der Waals surface area contributed by atoms with Crippen LogP contribution < -0.4 is 4.72 Å². The Morgan fingerprint density at radius 1 is 1.53 bits per heavy atom. The van der Waals surface area contributed by atoms with Gasteiger partial charge in [-0.15, -0.1) is 11.3 Å². The van der Waals surface area contributed by atoms with Crippen LogP contribution in [0.1, 0.15) is 5.69 Å². The molecule has 1 N–H and O–H groups in total. The van der Waals surface area contributed by atoms with Gasteiger partial charge in [-0.3, -0.25) is 0 Å². The molecular formula is C8H9ClN4O2S2. The summed E-state index contributed by atoms with van der Waals surface area (Å²) in [6, 6.07) is 0. The molecule has 6 nitrogen and oxygen atoms in total. The molecular weight excluding hydrogens is 284 g/mol. The molecule has 0 amide bonds. The molecule has 0 aliphatic heterocycles. The summed E-state index contributed by atoms with van der Waals surface area (Å²) >= 11 is 7.22. The second-order valence-corrected chi connectivity index (χ2v) is 6.01. The van der Waals surface area contributed by atoms with E-state index in [1.54, 1.807) is 17.9 Å². The third kappa shape index (κ3) is 2.65. The number of sulfonamides is 1. The molecule has 0 spiro atoms. The highest BCUT2D eigenvalue weighted by molar-refractivity contribution is 7.89. The number of thiazole rings is 1. The van der Waals surface area contributed by atoms with E-state index in [9.17, 15) is 8.42 Å². The van der Waals surface area contributed by atoms with Gasteiger partial charge in [0.25, 0.3) is 10.0 Å². The zero-order valence-corrected chi connectivity index (χ0v) is 11.2. The first-order valence-corrected chi connectivity index (χ1v) is 7.34. The van der Waals surface area contributed by atoms with E-state index in [0.29, 0.717) is 5.69 Å². The van der Waals surface area contributed by atoms with Crippen LogP contribution in [-0.4, -0.2) is 23.0 Å². The molecule has 2 aromatic heterocycles. The fraction of sp³-hybridized carbons (Fsp3) is 0.250. The highest BCUT2D eigenvalue weighted by atomic mass is 35.5. The molecule has 9 heteroatoms. The van der Waals surface area contributed by atoms with Crippen molar-refractivity contribution in [2.45, 2.75) is 11.6 Å². The third-order valence-electron chi connectivity index (χ3n) is 2.02. The number of aryl methyl sites for hydroxylation is 1. The second-order valence-electron chi connectivity index (χ2n) is 3.26. The Labute approximate surface area is 107 Å². The number of hydrogen-bond donors (Lipinski definition) is 1. The van der Waals surface area contributed by atoms with Crippen LogP contribution in [-0.2, 0) is 23.6 Å². The normalized spacial score (nSPS) is 11.9. The minimum Gasteiger partial charge on any atom is -0.324 e. The third-order valence-corrected chi connectivity index (χ3v) is 4.54. The van der Waals surface area contributed by atoms with Crippen LogP contribution in [0.2, 0.25) is 5.15 Å². The number of hydrogen-bond acceptors (Lipinski definition) is 5. The predicted octanol–water partition coefficient (Wildman–Crippen LogP) is 1.01. The average Bonchev–Trinajstić information content (AvgIpc) is 2.88. The number of nitrogens with zero attached hydrogens (tertiary/aromatic N) is 3. The van der Waals surface area contributed by atoms with Crippen LogP contribution in [0.5, 0.6) is 0 Å². The Bertz CT molecular complexity index is 606. The van der Waals surface area contributed by atoms with E-state index in [4.69, 9.17) is 11.6 Å². The Morgan fingerprint density at radius 3 is 2.82 bits per heavy atom. The first-order chi connectivity index (χ1) is 8.00. The summed E-state index contributed by atoms with van der Waals surface area (Å²) in [5.74, 6) is 0. The van der Waals surface area contributed by atoms with E-state index in [1.807, 2.05) is 0 Å². The standard InChI is InChI=1S/C8H9ClN4O2S2/c1-13-4-10-8(7(13)9)17(14,15)12-2-6-3-16-5-11-6/h3-5,12H,2H2,1H3. The summed E-state index contributed by atoms with van der Waals surface area (Å²) in [5.41, 5.74) is 2.29. The highest BCUT2D eigenvalue weighted by Crippen LogP contribution is 2.18. The monoisotopic (exact) mass is 292 g/mol. The smallest absolute Gasteiger partial charge is 0.261 e. The lowest BCUT2D eigenvalue weighted by Gasteiger charge is -2.02. The average molecular weight is 293 g/mol. The van der Waals surface area contributed by atoms with Crippen molar-refractivity contribution in [3.63, 3.8) is 0 Å². The molecule has 0 radical (unpaired) electrons. The first-order valence-electron chi connectivity index (χ1n) is 4.54. The van der Waals surface area contributed by atoms with Crippen molar-refractivity contribution >= 4 is 33.0 Å². The van der Waals surface area contributed by atoms with Crippen LogP contribution in [0.25, 0.3) is 0 Å². The zero-order chi connectivity index (χ0) is 12.5. The Morgan fingerprint density at radius 2 is 2.29 bits per heavy atom. The SMILES string of the molecule is Cn1cnc(S(=O)(=O)NCc2cscn2)c1Cl. The van der Waals surface area contributed by atoms with E-state index < -0.39 is 10.0 Å². The molecule has 0 unspecified atom stereocenters. The van der Waals surface area contributed by atoms with Gasteiger partial charge in [0, 0.05) is 12.4 Å². The molecule has 0 saturated carbocycles. The molecule has 0 aromatic carbocycles. The predicted molar refractivity (Wildman–Crippen MR) is 64.4 cm³/mol. The molecule has 0 bridgehead atoms. The van der Waals surface area contributed by atoms with Crippen LogP contribution in [0.4, 0.5) is 0 Å². The lowest BCUT2D eigenvalue weighted by molar-refractivity contribution is 0.577. The van der Waals surface area contributed by atoms with Gasteiger partial charge < -0.3 is 4.57 Å².